The van der Waals surface area contributed by atoms with Crippen LogP contribution in [0.5, 0.6) is 0 Å². The first-order valence-corrected chi connectivity index (χ1v) is 6.79. The summed E-state index contributed by atoms with van der Waals surface area (Å²) in [5.74, 6) is -0.455. The number of rotatable bonds is 7. The first kappa shape index (κ1) is 15.7. The molecule has 19 heavy (non-hydrogen) atoms. The molecule has 0 aliphatic carbocycles. The minimum absolute atomic E-state index is 0.00114. The number of nitrogens with one attached hydrogen (secondary N) is 2. The van der Waals surface area contributed by atoms with Crippen LogP contribution in [0.4, 0.5) is 0 Å². The van der Waals surface area contributed by atoms with Crippen molar-refractivity contribution >= 4 is 11.9 Å². The Hall–Kier alpha value is -1.36. The Labute approximate surface area is 114 Å². The number of carbonyl (C=O) groups is 2. The van der Waals surface area contributed by atoms with Crippen molar-refractivity contribution in [3.63, 3.8) is 0 Å². The summed E-state index contributed by atoms with van der Waals surface area (Å²) in [6.07, 6.45) is 0.916. The van der Waals surface area contributed by atoms with Gasteiger partial charge in [-0.1, -0.05) is 13.8 Å². The van der Waals surface area contributed by atoms with Gasteiger partial charge in [0.05, 0.1) is 0 Å². The van der Waals surface area contributed by atoms with Crippen molar-refractivity contribution in [2.24, 2.45) is 11.8 Å². The number of carboxylic acids is 1. The molecule has 0 radical (unpaired) electrons. The van der Waals surface area contributed by atoms with Crippen LogP contribution in [0.15, 0.2) is 11.1 Å². The molecule has 0 spiro atoms. The van der Waals surface area contributed by atoms with E-state index in [2.05, 4.69) is 24.5 Å². The summed E-state index contributed by atoms with van der Waals surface area (Å²) < 4.78 is 0. The monoisotopic (exact) mass is 268 g/mol. The van der Waals surface area contributed by atoms with Crippen molar-refractivity contribution in [3.8, 4) is 0 Å². The fourth-order valence-corrected chi connectivity index (χ4v) is 2.20. The number of hydrogen-bond donors (Lipinski definition) is 3. The summed E-state index contributed by atoms with van der Waals surface area (Å²) in [6.45, 7) is 7.93. The van der Waals surface area contributed by atoms with E-state index < -0.39 is 5.97 Å². The van der Waals surface area contributed by atoms with Gasteiger partial charge in [0.15, 0.2) is 0 Å². The van der Waals surface area contributed by atoms with E-state index in [1.54, 1.807) is 0 Å². The minimum atomic E-state index is -0.807. The van der Waals surface area contributed by atoms with Crippen LogP contribution >= 0.6 is 0 Å². The highest BCUT2D eigenvalue weighted by Gasteiger charge is 2.19. The van der Waals surface area contributed by atoms with Crippen molar-refractivity contribution in [1.82, 2.24) is 10.6 Å². The highest BCUT2D eigenvalue weighted by molar-refractivity contribution is 5.94. The maximum atomic E-state index is 11.9. The van der Waals surface area contributed by atoms with Crippen molar-refractivity contribution in [2.75, 3.05) is 19.6 Å². The van der Waals surface area contributed by atoms with Gasteiger partial charge in [-0.3, -0.25) is 9.59 Å². The van der Waals surface area contributed by atoms with Crippen LogP contribution < -0.4 is 10.6 Å². The molecule has 0 unspecified atom stereocenters. The van der Waals surface area contributed by atoms with E-state index in [0.29, 0.717) is 12.5 Å². The molecule has 0 aromatic rings. The number of amides is 1. The molecular weight excluding hydrogens is 244 g/mol. The molecule has 1 aliphatic heterocycles. The summed E-state index contributed by atoms with van der Waals surface area (Å²) in [6, 6.07) is 0. The van der Waals surface area contributed by atoms with Gasteiger partial charge in [-0.25, -0.2) is 0 Å². The molecule has 1 amide bonds. The van der Waals surface area contributed by atoms with E-state index in [9.17, 15) is 9.59 Å². The Morgan fingerprint density at radius 3 is 2.42 bits per heavy atom. The highest BCUT2D eigenvalue weighted by Crippen LogP contribution is 2.15. The minimum Gasteiger partial charge on any atom is -0.481 e. The van der Waals surface area contributed by atoms with E-state index >= 15 is 0 Å². The standard InChI is InChI=1S/C14H24N2O3/c1-9(2)4-11(5-13(17)18)6-16-14(19)10(3)12-7-15-8-12/h9,11,15H,4-8H2,1-3H3,(H,16,19)(H,17,18)/t11-/m0/s1. The first-order valence-electron chi connectivity index (χ1n) is 6.79. The Bertz CT molecular complexity index is 369. The number of aliphatic carboxylic acids is 1. The van der Waals surface area contributed by atoms with Crippen LogP contribution in [0.3, 0.4) is 0 Å². The molecule has 1 heterocycles. The lowest BCUT2D eigenvalue weighted by atomic mass is 9.94. The van der Waals surface area contributed by atoms with E-state index in [1.165, 1.54) is 0 Å². The zero-order chi connectivity index (χ0) is 14.4. The second-order valence-electron chi connectivity index (χ2n) is 5.64. The van der Waals surface area contributed by atoms with E-state index in [0.717, 1.165) is 30.7 Å². The molecule has 1 rings (SSSR count). The summed E-state index contributed by atoms with van der Waals surface area (Å²) in [7, 11) is 0. The first-order chi connectivity index (χ1) is 8.90. The Morgan fingerprint density at radius 2 is 2.00 bits per heavy atom. The SMILES string of the molecule is CC(C(=O)NC[C@H](CC(=O)O)CC(C)C)=C1CNC1. The van der Waals surface area contributed by atoms with Crippen LogP contribution in [-0.2, 0) is 9.59 Å². The molecule has 108 valence electrons. The topological polar surface area (TPSA) is 78.4 Å². The predicted octanol–water partition coefficient (Wildman–Crippen LogP) is 1.16. The van der Waals surface area contributed by atoms with Crippen molar-refractivity contribution < 1.29 is 14.7 Å². The highest BCUT2D eigenvalue weighted by atomic mass is 16.4. The lowest BCUT2D eigenvalue weighted by molar-refractivity contribution is -0.138. The van der Waals surface area contributed by atoms with Gasteiger partial charge in [-0.2, -0.15) is 0 Å². The molecule has 0 aromatic heterocycles. The Balaban J connectivity index is 2.46. The molecule has 3 N–H and O–H groups in total. The van der Waals surface area contributed by atoms with Crippen LogP contribution in [0.25, 0.3) is 0 Å². The Morgan fingerprint density at radius 1 is 1.37 bits per heavy atom. The molecule has 1 aliphatic rings. The van der Waals surface area contributed by atoms with Gasteiger partial charge < -0.3 is 15.7 Å². The van der Waals surface area contributed by atoms with Crippen molar-refractivity contribution in [2.45, 2.75) is 33.6 Å². The van der Waals surface area contributed by atoms with Crippen LogP contribution in [0.1, 0.15) is 33.6 Å². The Kier molecular flexibility index (Phi) is 6.02. The maximum Gasteiger partial charge on any atom is 0.303 e. The number of hydrogen-bond acceptors (Lipinski definition) is 3. The fourth-order valence-electron chi connectivity index (χ4n) is 2.20. The zero-order valence-corrected chi connectivity index (χ0v) is 12.0. The van der Waals surface area contributed by atoms with E-state index in [-0.39, 0.29) is 18.2 Å². The maximum absolute atomic E-state index is 11.9. The van der Waals surface area contributed by atoms with Gasteiger partial charge >= 0.3 is 5.97 Å². The molecule has 1 saturated heterocycles. The number of carbonyl (C=O) groups excluding carboxylic acids is 1. The quantitative estimate of drug-likeness (QED) is 0.605. The third-order valence-corrected chi connectivity index (χ3v) is 3.37. The number of carboxylic acid groups (broad SMARTS) is 1. The third-order valence-electron chi connectivity index (χ3n) is 3.37. The average Bonchev–Trinajstić information content (AvgIpc) is 2.21. The van der Waals surface area contributed by atoms with Gasteiger partial charge in [0, 0.05) is 31.6 Å². The van der Waals surface area contributed by atoms with Crippen LogP contribution in [-0.4, -0.2) is 36.6 Å². The van der Waals surface area contributed by atoms with Crippen LogP contribution in [0, 0.1) is 11.8 Å². The third kappa shape index (κ3) is 5.42. The van der Waals surface area contributed by atoms with Crippen molar-refractivity contribution in [1.29, 1.82) is 0 Å². The zero-order valence-electron chi connectivity index (χ0n) is 12.0. The predicted molar refractivity (Wildman–Crippen MR) is 73.8 cm³/mol. The van der Waals surface area contributed by atoms with E-state index in [4.69, 9.17) is 5.11 Å². The van der Waals surface area contributed by atoms with E-state index in [1.807, 2.05) is 6.92 Å². The molecule has 1 fully saturated rings. The van der Waals surface area contributed by atoms with Gasteiger partial charge in [0.1, 0.15) is 0 Å². The molecule has 0 bridgehead atoms. The lowest BCUT2D eigenvalue weighted by Crippen LogP contribution is -2.38. The summed E-state index contributed by atoms with van der Waals surface area (Å²) in [5.41, 5.74) is 1.90. The van der Waals surface area contributed by atoms with Gasteiger partial charge in [-0.15, -0.1) is 0 Å². The van der Waals surface area contributed by atoms with Gasteiger partial charge in [0.25, 0.3) is 0 Å². The average molecular weight is 268 g/mol. The summed E-state index contributed by atoms with van der Waals surface area (Å²) in [4.78, 5) is 22.7. The van der Waals surface area contributed by atoms with Gasteiger partial charge in [-0.05, 0) is 30.8 Å². The summed E-state index contributed by atoms with van der Waals surface area (Å²) in [5, 5.41) is 14.8. The molecule has 0 aromatic carbocycles. The van der Waals surface area contributed by atoms with Crippen molar-refractivity contribution in [3.05, 3.63) is 11.1 Å². The fraction of sp³-hybridized carbons (Fsp3) is 0.714. The molecule has 5 heteroatoms. The second-order valence-corrected chi connectivity index (χ2v) is 5.64. The van der Waals surface area contributed by atoms with Crippen LogP contribution in [0.2, 0.25) is 0 Å². The molecule has 5 nitrogen and oxygen atoms in total. The lowest BCUT2D eigenvalue weighted by Gasteiger charge is -2.22. The largest absolute Gasteiger partial charge is 0.481 e. The summed E-state index contributed by atoms with van der Waals surface area (Å²) >= 11 is 0. The molecule has 1 atom stereocenters. The molecular formula is C14H24N2O3. The second kappa shape index (κ2) is 7.28. The smallest absolute Gasteiger partial charge is 0.303 e. The van der Waals surface area contributed by atoms with Gasteiger partial charge in [0.2, 0.25) is 5.91 Å². The molecule has 0 saturated carbocycles. The normalized spacial score (nSPS) is 15.9.